The van der Waals surface area contributed by atoms with Crippen LogP contribution in [0.15, 0.2) is 0 Å². The van der Waals surface area contributed by atoms with E-state index in [0.29, 0.717) is 0 Å². The highest BCUT2D eigenvalue weighted by atomic mass is 28.5. The van der Waals surface area contributed by atoms with Crippen LogP contribution in [0.2, 0.25) is 52.4 Å². The Morgan fingerprint density at radius 2 is 0.682 bits per heavy atom. The van der Waals surface area contributed by atoms with Gasteiger partial charge >= 0.3 is 43.3 Å². The summed E-state index contributed by atoms with van der Waals surface area (Å²) in [4.78, 5) is 0. The maximum absolute atomic E-state index is 6.28. The SMILES string of the molecule is CO[Si]1(OC)O[Si](C)(C)O[Si](C)(C)O[Si](C)(C)O[Si](C)(C)O1. The standard InChI is InChI=1S/C10H30O7Si5/c1-11-22(12-2)16-20(7,8)14-18(3,4)13-19(5,6)15-21(9,10)17-22/h1-10H3. The third-order valence-corrected chi connectivity index (χ3v) is 21.4. The van der Waals surface area contributed by atoms with Crippen molar-refractivity contribution >= 4 is 43.3 Å². The van der Waals surface area contributed by atoms with E-state index in [1.807, 2.05) is 52.4 Å². The molecule has 7 nitrogen and oxygen atoms in total. The first kappa shape index (κ1) is 20.8. The molecule has 1 aliphatic rings. The Morgan fingerprint density at radius 1 is 0.455 bits per heavy atom. The Hall–Kier alpha value is 0.804. The molecule has 0 unspecified atom stereocenters. The largest absolute Gasteiger partial charge is 0.661 e. The van der Waals surface area contributed by atoms with E-state index in [0.717, 1.165) is 0 Å². The molecule has 0 saturated carbocycles. The van der Waals surface area contributed by atoms with Crippen LogP contribution in [0.1, 0.15) is 0 Å². The molecule has 1 saturated heterocycles. The molecule has 0 amide bonds. The van der Waals surface area contributed by atoms with Crippen LogP contribution in [0.3, 0.4) is 0 Å². The van der Waals surface area contributed by atoms with E-state index in [1.165, 1.54) is 14.2 Å². The van der Waals surface area contributed by atoms with Crippen molar-refractivity contribution in [3.05, 3.63) is 0 Å². The van der Waals surface area contributed by atoms with Gasteiger partial charge in [-0.15, -0.1) is 0 Å². The first-order chi connectivity index (χ1) is 9.66. The van der Waals surface area contributed by atoms with Crippen molar-refractivity contribution in [1.29, 1.82) is 0 Å². The minimum Gasteiger partial charge on any atom is -0.416 e. The van der Waals surface area contributed by atoms with Crippen molar-refractivity contribution in [2.45, 2.75) is 52.4 Å². The number of hydrogen-bond acceptors (Lipinski definition) is 7. The summed E-state index contributed by atoms with van der Waals surface area (Å²) in [5.74, 6) is 0. The summed E-state index contributed by atoms with van der Waals surface area (Å²) in [6.45, 7) is 15.9. The number of hydrogen-bond donors (Lipinski definition) is 0. The molecule has 1 fully saturated rings. The predicted octanol–water partition coefficient (Wildman–Crippen LogP) is 2.62. The Kier molecular flexibility index (Phi) is 6.26. The van der Waals surface area contributed by atoms with Gasteiger partial charge in [0.25, 0.3) is 0 Å². The summed E-state index contributed by atoms with van der Waals surface area (Å²) in [6.07, 6.45) is 0. The van der Waals surface area contributed by atoms with E-state index in [2.05, 4.69) is 0 Å². The van der Waals surface area contributed by atoms with E-state index in [4.69, 9.17) is 29.4 Å². The van der Waals surface area contributed by atoms with Crippen LogP contribution >= 0.6 is 0 Å². The Bertz CT molecular complexity index is 365. The van der Waals surface area contributed by atoms with Crippen molar-refractivity contribution < 1.29 is 29.4 Å². The lowest BCUT2D eigenvalue weighted by Gasteiger charge is -2.45. The van der Waals surface area contributed by atoms with Gasteiger partial charge in [0.05, 0.1) is 0 Å². The fourth-order valence-corrected chi connectivity index (χ4v) is 26.0. The summed E-state index contributed by atoms with van der Waals surface area (Å²) < 4.78 is 42.2. The van der Waals surface area contributed by atoms with E-state index in [9.17, 15) is 0 Å². The summed E-state index contributed by atoms with van der Waals surface area (Å²) >= 11 is 0. The molecule has 12 heteroatoms. The minimum atomic E-state index is -3.30. The predicted molar refractivity (Wildman–Crippen MR) is 95.1 cm³/mol. The topological polar surface area (TPSA) is 64.6 Å². The van der Waals surface area contributed by atoms with Crippen molar-refractivity contribution in [2.24, 2.45) is 0 Å². The van der Waals surface area contributed by atoms with Crippen LogP contribution in [0.4, 0.5) is 0 Å². The first-order valence-corrected chi connectivity index (χ1v) is 20.2. The summed E-state index contributed by atoms with van der Waals surface area (Å²) in [5, 5.41) is 0. The highest BCUT2D eigenvalue weighted by molar-refractivity contribution is 6.91. The fourth-order valence-electron chi connectivity index (χ4n) is 2.73. The second kappa shape index (κ2) is 6.60. The number of rotatable bonds is 2. The van der Waals surface area contributed by atoms with Crippen molar-refractivity contribution in [3.63, 3.8) is 0 Å². The lowest BCUT2D eigenvalue weighted by molar-refractivity contribution is 0.0560. The monoisotopic (exact) mass is 402 g/mol. The molecule has 0 spiro atoms. The molecule has 1 aliphatic heterocycles. The van der Waals surface area contributed by atoms with Crippen molar-refractivity contribution in [2.75, 3.05) is 14.2 Å². The highest BCUT2D eigenvalue weighted by Gasteiger charge is 2.57. The smallest absolute Gasteiger partial charge is 0.416 e. The Labute approximate surface area is 139 Å². The van der Waals surface area contributed by atoms with E-state index < -0.39 is 43.3 Å². The van der Waals surface area contributed by atoms with Gasteiger partial charge in [-0.05, 0) is 52.4 Å². The molecule has 1 rings (SSSR count). The van der Waals surface area contributed by atoms with Gasteiger partial charge in [0.1, 0.15) is 0 Å². The fraction of sp³-hybridized carbons (Fsp3) is 1.00. The van der Waals surface area contributed by atoms with Gasteiger partial charge in [0.2, 0.25) is 0 Å². The molecule has 0 bridgehead atoms. The van der Waals surface area contributed by atoms with Crippen LogP contribution in [-0.4, -0.2) is 57.5 Å². The summed E-state index contributed by atoms with van der Waals surface area (Å²) in [6, 6.07) is 0. The van der Waals surface area contributed by atoms with Gasteiger partial charge in [-0.3, -0.25) is 0 Å². The van der Waals surface area contributed by atoms with Crippen molar-refractivity contribution in [1.82, 2.24) is 0 Å². The van der Waals surface area contributed by atoms with Crippen LogP contribution < -0.4 is 0 Å². The van der Waals surface area contributed by atoms with Crippen LogP contribution in [0.5, 0.6) is 0 Å². The van der Waals surface area contributed by atoms with Gasteiger partial charge in [-0.2, -0.15) is 0 Å². The van der Waals surface area contributed by atoms with Gasteiger partial charge in [0.15, 0.2) is 0 Å². The maximum atomic E-state index is 6.28. The first-order valence-electron chi connectivity index (χ1n) is 7.27. The molecule has 1 heterocycles. The zero-order valence-corrected chi connectivity index (χ0v) is 20.4. The second-order valence-corrected chi connectivity index (χ2v) is 24.1. The third kappa shape index (κ3) is 6.02. The molecule has 0 N–H and O–H groups in total. The second-order valence-electron chi connectivity index (χ2n) is 7.02. The Morgan fingerprint density at radius 3 is 0.909 bits per heavy atom. The van der Waals surface area contributed by atoms with Gasteiger partial charge < -0.3 is 29.4 Å². The summed E-state index contributed by atoms with van der Waals surface area (Å²) in [5.41, 5.74) is 0. The summed E-state index contributed by atoms with van der Waals surface area (Å²) in [7, 11) is -10.1. The zero-order valence-electron chi connectivity index (χ0n) is 15.4. The maximum Gasteiger partial charge on any atom is 0.661 e. The van der Waals surface area contributed by atoms with E-state index in [1.54, 1.807) is 0 Å². The molecule has 0 aliphatic carbocycles. The zero-order chi connectivity index (χ0) is 17.4. The molecule has 0 atom stereocenters. The van der Waals surface area contributed by atoms with E-state index >= 15 is 0 Å². The minimum absolute atomic E-state index is 1.54. The molecular weight excluding hydrogens is 373 g/mol. The van der Waals surface area contributed by atoms with Crippen molar-refractivity contribution in [3.8, 4) is 0 Å². The molecule has 132 valence electrons. The van der Waals surface area contributed by atoms with Crippen LogP contribution in [0.25, 0.3) is 0 Å². The lowest BCUT2D eigenvalue weighted by Crippen LogP contribution is -2.67. The molecule has 0 radical (unpaired) electrons. The van der Waals surface area contributed by atoms with Crippen LogP contribution in [-0.2, 0) is 29.4 Å². The third-order valence-electron chi connectivity index (χ3n) is 2.72. The molecular formula is C10H30O7Si5. The van der Waals surface area contributed by atoms with Gasteiger partial charge in [-0.25, -0.2) is 0 Å². The molecule has 0 aromatic carbocycles. The molecule has 0 aromatic rings. The highest BCUT2D eigenvalue weighted by Crippen LogP contribution is 2.31. The average Bonchev–Trinajstić information content (AvgIpc) is 2.20. The Balaban J connectivity index is 3.27. The molecule has 0 aromatic heterocycles. The van der Waals surface area contributed by atoms with Crippen LogP contribution in [0, 0.1) is 0 Å². The lowest BCUT2D eigenvalue weighted by atomic mass is 11.8. The van der Waals surface area contributed by atoms with Gasteiger partial charge in [-0.1, -0.05) is 0 Å². The average molecular weight is 403 g/mol. The quantitative estimate of drug-likeness (QED) is 0.658. The molecule has 22 heavy (non-hydrogen) atoms. The van der Waals surface area contributed by atoms with E-state index in [-0.39, 0.29) is 0 Å². The normalized spacial score (nSPS) is 29.7. The van der Waals surface area contributed by atoms with Gasteiger partial charge in [0, 0.05) is 14.2 Å².